The molecule has 0 fully saturated rings. The molecule has 2 amide bonds. The van der Waals surface area contributed by atoms with Crippen molar-refractivity contribution in [2.75, 3.05) is 19.5 Å². The van der Waals surface area contributed by atoms with E-state index in [9.17, 15) is 9.59 Å². The number of aryl methyl sites for hydroxylation is 1. The van der Waals surface area contributed by atoms with Crippen LogP contribution in [-0.2, 0) is 4.79 Å². The number of benzene rings is 2. The highest BCUT2D eigenvalue weighted by Crippen LogP contribution is 2.27. The Morgan fingerprint density at radius 1 is 1.04 bits per heavy atom. The molecule has 0 atom stereocenters. The van der Waals surface area contributed by atoms with Gasteiger partial charge in [0, 0.05) is 17.0 Å². The Morgan fingerprint density at radius 2 is 1.78 bits per heavy atom. The van der Waals surface area contributed by atoms with E-state index >= 15 is 0 Å². The van der Waals surface area contributed by atoms with Gasteiger partial charge in [0.1, 0.15) is 0 Å². The van der Waals surface area contributed by atoms with Crippen LogP contribution in [0.1, 0.15) is 29.3 Å². The predicted octanol–water partition coefficient (Wildman–Crippen LogP) is 3.15. The number of methoxy groups -OCH3 is 2. The number of nitrogens with zero attached hydrogens (tertiary/aromatic N) is 1. The molecule has 0 aromatic heterocycles. The topological polar surface area (TPSA) is 89.0 Å². The van der Waals surface area contributed by atoms with Crippen molar-refractivity contribution in [2.24, 2.45) is 5.10 Å². The SMILES string of the molecule is COc1ccc(C(=O)NN=C(C)CC(=O)Nc2cccc(C)c2)cc1OC. The quantitative estimate of drug-likeness (QED) is 0.580. The third-order valence-electron chi connectivity index (χ3n) is 3.71. The molecule has 2 N–H and O–H groups in total. The average Bonchev–Trinajstić information content (AvgIpc) is 2.65. The summed E-state index contributed by atoms with van der Waals surface area (Å²) in [7, 11) is 3.02. The van der Waals surface area contributed by atoms with Gasteiger partial charge in [-0.15, -0.1) is 0 Å². The Labute approximate surface area is 158 Å². The molecule has 27 heavy (non-hydrogen) atoms. The van der Waals surface area contributed by atoms with Crippen LogP contribution in [-0.4, -0.2) is 31.7 Å². The second-order valence-corrected chi connectivity index (χ2v) is 5.95. The zero-order chi connectivity index (χ0) is 19.8. The average molecular weight is 369 g/mol. The van der Waals surface area contributed by atoms with Gasteiger partial charge in [0.15, 0.2) is 11.5 Å². The van der Waals surface area contributed by atoms with E-state index in [2.05, 4.69) is 15.8 Å². The van der Waals surface area contributed by atoms with E-state index < -0.39 is 5.91 Å². The lowest BCUT2D eigenvalue weighted by Gasteiger charge is -2.09. The van der Waals surface area contributed by atoms with Crippen molar-refractivity contribution in [1.29, 1.82) is 0 Å². The Hall–Kier alpha value is -3.35. The highest BCUT2D eigenvalue weighted by Gasteiger charge is 2.11. The lowest BCUT2D eigenvalue weighted by molar-refractivity contribution is -0.115. The van der Waals surface area contributed by atoms with Gasteiger partial charge in [-0.2, -0.15) is 5.10 Å². The summed E-state index contributed by atoms with van der Waals surface area (Å²) in [5, 5.41) is 6.78. The number of carbonyl (C=O) groups is 2. The zero-order valence-electron chi connectivity index (χ0n) is 15.8. The Kier molecular flexibility index (Phi) is 6.93. The van der Waals surface area contributed by atoms with Crippen LogP contribution in [0, 0.1) is 6.92 Å². The van der Waals surface area contributed by atoms with Gasteiger partial charge in [-0.3, -0.25) is 9.59 Å². The second-order valence-electron chi connectivity index (χ2n) is 5.95. The maximum atomic E-state index is 12.2. The Bertz CT molecular complexity index is 862. The smallest absolute Gasteiger partial charge is 0.271 e. The van der Waals surface area contributed by atoms with Gasteiger partial charge < -0.3 is 14.8 Å². The van der Waals surface area contributed by atoms with Crippen molar-refractivity contribution in [2.45, 2.75) is 20.3 Å². The first-order chi connectivity index (χ1) is 12.9. The summed E-state index contributed by atoms with van der Waals surface area (Å²) in [5.74, 6) is 0.363. The number of hydrogen-bond acceptors (Lipinski definition) is 5. The first kappa shape index (κ1) is 20.0. The van der Waals surface area contributed by atoms with Gasteiger partial charge in [0.25, 0.3) is 5.91 Å². The van der Waals surface area contributed by atoms with Gasteiger partial charge in [-0.05, 0) is 49.7 Å². The van der Waals surface area contributed by atoms with Crippen molar-refractivity contribution in [3.05, 3.63) is 53.6 Å². The van der Waals surface area contributed by atoms with E-state index in [1.54, 1.807) is 25.1 Å². The predicted molar refractivity (Wildman–Crippen MR) is 105 cm³/mol. The minimum Gasteiger partial charge on any atom is -0.493 e. The van der Waals surface area contributed by atoms with Crippen LogP contribution >= 0.6 is 0 Å². The van der Waals surface area contributed by atoms with Gasteiger partial charge >= 0.3 is 0 Å². The molecular weight excluding hydrogens is 346 g/mol. The summed E-state index contributed by atoms with van der Waals surface area (Å²) < 4.78 is 10.3. The van der Waals surface area contributed by atoms with E-state index in [0.717, 1.165) is 11.3 Å². The minimum atomic E-state index is -0.408. The molecule has 7 heteroatoms. The van der Waals surface area contributed by atoms with Crippen molar-refractivity contribution in [1.82, 2.24) is 5.43 Å². The number of amides is 2. The lowest BCUT2D eigenvalue weighted by atomic mass is 10.2. The highest BCUT2D eigenvalue weighted by atomic mass is 16.5. The van der Waals surface area contributed by atoms with Crippen molar-refractivity contribution in [3.8, 4) is 11.5 Å². The molecule has 0 aliphatic heterocycles. The standard InChI is InChI=1S/C20H23N3O4/c1-13-6-5-7-16(10-13)21-19(24)11-14(2)22-23-20(25)15-8-9-17(26-3)18(12-15)27-4/h5-10,12H,11H2,1-4H3,(H,21,24)(H,23,25). The Balaban J connectivity index is 1.94. The van der Waals surface area contributed by atoms with E-state index in [1.807, 2.05) is 31.2 Å². The molecule has 0 saturated carbocycles. The molecule has 0 heterocycles. The van der Waals surface area contributed by atoms with Crippen LogP contribution in [0.3, 0.4) is 0 Å². The maximum Gasteiger partial charge on any atom is 0.271 e. The molecule has 0 spiro atoms. The lowest BCUT2D eigenvalue weighted by Crippen LogP contribution is -2.21. The van der Waals surface area contributed by atoms with Crippen LogP contribution in [0.25, 0.3) is 0 Å². The molecule has 142 valence electrons. The third kappa shape index (κ3) is 5.85. The van der Waals surface area contributed by atoms with Gasteiger partial charge in [-0.1, -0.05) is 12.1 Å². The van der Waals surface area contributed by atoms with E-state index in [0.29, 0.717) is 22.8 Å². The first-order valence-electron chi connectivity index (χ1n) is 8.35. The van der Waals surface area contributed by atoms with Gasteiger partial charge in [-0.25, -0.2) is 5.43 Å². The highest BCUT2D eigenvalue weighted by molar-refractivity contribution is 6.06. The largest absolute Gasteiger partial charge is 0.493 e. The summed E-state index contributed by atoms with van der Waals surface area (Å²) in [5.41, 5.74) is 5.07. The van der Waals surface area contributed by atoms with Crippen LogP contribution in [0.2, 0.25) is 0 Å². The first-order valence-corrected chi connectivity index (χ1v) is 8.35. The fourth-order valence-corrected chi connectivity index (χ4v) is 2.39. The monoisotopic (exact) mass is 369 g/mol. The number of nitrogens with one attached hydrogen (secondary N) is 2. The maximum absolute atomic E-state index is 12.2. The van der Waals surface area contributed by atoms with E-state index in [4.69, 9.17) is 9.47 Å². The molecule has 0 unspecified atom stereocenters. The van der Waals surface area contributed by atoms with Gasteiger partial charge in [0.2, 0.25) is 5.91 Å². The number of hydrogen-bond donors (Lipinski definition) is 2. The summed E-state index contributed by atoms with van der Waals surface area (Å²) in [6, 6.07) is 12.3. The summed E-state index contributed by atoms with van der Waals surface area (Å²) in [6.07, 6.45) is 0.0696. The normalized spacial score (nSPS) is 10.9. The molecule has 0 radical (unpaired) electrons. The van der Waals surface area contributed by atoms with Crippen LogP contribution in [0.4, 0.5) is 5.69 Å². The van der Waals surface area contributed by atoms with Crippen LogP contribution in [0.5, 0.6) is 11.5 Å². The van der Waals surface area contributed by atoms with Gasteiger partial charge in [0.05, 0.1) is 20.6 Å². The summed E-state index contributed by atoms with van der Waals surface area (Å²) >= 11 is 0. The second kappa shape index (κ2) is 9.38. The molecule has 2 rings (SSSR count). The molecule has 7 nitrogen and oxygen atoms in total. The number of anilines is 1. The molecule has 0 aliphatic carbocycles. The minimum absolute atomic E-state index is 0.0696. The van der Waals surface area contributed by atoms with E-state index in [-0.39, 0.29) is 12.3 Å². The van der Waals surface area contributed by atoms with Crippen molar-refractivity contribution in [3.63, 3.8) is 0 Å². The van der Waals surface area contributed by atoms with E-state index in [1.165, 1.54) is 14.2 Å². The molecule has 0 aliphatic rings. The molecule has 0 bridgehead atoms. The molecule has 2 aromatic carbocycles. The van der Waals surface area contributed by atoms with Crippen molar-refractivity contribution >= 4 is 23.2 Å². The van der Waals surface area contributed by atoms with Crippen LogP contribution in [0.15, 0.2) is 47.6 Å². The molecule has 2 aromatic rings. The fraction of sp³-hybridized carbons (Fsp3) is 0.250. The zero-order valence-corrected chi connectivity index (χ0v) is 15.8. The van der Waals surface area contributed by atoms with Crippen molar-refractivity contribution < 1.29 is 19.1 Å². The number of ether oxygens (including phenoxy) is 2. The third-order valence-corrected chi connectivity index (χ3v) is 3.71. The Morgan fingerprint density at radius 3 is 2.44 bits per heavy atom. The summed E-state index contributed by atoms with van der Waals surface area (Å²) in [4.78, 5) is 24.3. The number of carbonyl (C=O) groups excluding carboxylic acids is 2. The van der Waals surface area contributed by atoms with Crippen LogP contribution < -0.4 is 20.2 Å². The molecular formula is C20H23N3O4. The number of hydrazone groups is 1. The molecule has 0 saturated heterocycles. The number of rotatable bonds is 7. The summed E-state index contributed by atoms with van der Waals surface area (Å²) in [6.45, 7) is 3.62. The fourth-order valence-electron chi connectivity index (χ4n) is 2.39.